The molecule has 0 fully saturated rings. The van der Waals surface area contributed by atoms with E-state index in [1.54, 1.807) is 6.21 Å². The van der Waals surface area contributed by atoms with Crippen LogP contribution < -0.4 is 5.73 Å². The average molecular weight is 399 g/mol. The smallest absolute Gasteiger partial charge is 0.0974 e. The van der Waals surface area contributed by atoms with Crippen LogP contribution in [0.5, 0.6) is 0 Å². The molecule has 1 atom stereocenters. The van der Waals surface area contributed by atoms with Crippen molar-refractivity contribution < 1.29 is 5.11 Å². The lowest BCUT2D eigenvalue weighted by atomic mass is 10.1. The number of aliphatic imine (C=N–C) groups is 2. The predicted octanol–water partition coefficient (Wildman–Crippen LogP) is 3.41. The molecule has 0 amide bonds. The van der Waals surface area contributed by atoms with E-state index in [0.717, 1.165) is 47.5 Å². The predicted molar refractivity (Wildman–Crippen MR) is 120 cm³/mol. The summed E-state index contributed by atoms with van der Waals surface area (Å²) < 4.78 is 2.01. The van der Waals surface area contributed by atoms with Gasteiger partial charge in [-0.25, -0.2) is 4.99 Å². The summed E-state index contributed by atoms with van der Waals surface area (Å²) in [7, 11) is 2.01. The van der Waals surface area contributed by atoms with E-state index in [9.17, 15) is 0 Å². The standard InChI is InChI=1S/C22H34N6O/c1-5-8-17(3)28-15-19(14-25-28)22-21(9-6-2)27(4)16-20(26-22)18(12-23)13-24-10-7-11-29/h9,12-17,29H,5-8,10-11,23H2,1-4H3/b18-12?,21-9-,24-13?/t17-/m0/s1. The first kappa shape index (κ1) is 22.6. The second-order valence-corrected chi connectivity index (χ2v) is 7.16. The summed E-state index contributed by atoms with van der Waals surface area (Å²) in [5.74, 6) is 0. The number of nitrogens with zero attached hydrogens (tertiary/aromatic N) is 5. The minimum Gasteiger partial charge on any atom is -0.404 e. The Balaban J connectivity index is 2.39. The van der Waals surface area contributed by atoms with Gasteiger partial charge in [0.25, 0.3) is 0 Å². The van der Waals surface area contributed by atoms with Crippen molar-refractivity contribution in [1.82, 2.24) is 14.7 Å². The minimum atomic E-state index is 0.123. The first-order valence-corrected chi connectivity index (χ1v) is 10.4. The number of nitrogens with two attached hydrogens (primary N) is 1. The van der Waals surface area contributed by atoms with Crippen molar-refractivity contribution in [3.8, 4) is 0 Å². The fourth-order valence-electron chi connectivity index (χ4n) is 3.18. The molecule has 2 heterocycles. The Morgan fingerprint density at radius 3 is 2.83 bits per heavy atom. The highest BCUT2D eigenvalue weighted by atomic mass is 16.3. The van der Waals surface area contributed by atoms with Crippen molar-refractivity contribution in [2.24, 2.45) is 15.7 Å². The molecule has 3 N–H and O–H groups in total. The monoisotopic (exact) mass is 398 g/mol. The van der Waals surface area contributed by atoms with Gasteiger partial charge in [0.1, 0.15) is 0 Å². The number of hydrogen-bond donors (Lipinski definition) is 2. The molecule has 158 valence electrons. The van der Waals surface area contributed by atoms with Crippen LogP contribution in [0.4, 0.5) is 0 Å². The van der Waals surface area contributed by atoms with E-state index in [-0.39, 0.29) is 6.61 Å². The van der Waals surface area contributed by atoms with Crippen molar-refractivity contribution in [3.05, 3.63) is 53.4 Å². The fraction of sp³-hybridized carbons (Fsp3) is 0.500. The SMILES string of the molecule is CC/C=C1/C(c2cnn([C@@H](C)CCC)c2)=NC(C(C=NCCCO)=CN)=CN1C. The fourth-order valence-corrected chi connectivity index (χ4v) is 3.18. The highest BCUT2D eigenvalue weighted by Crippen LogP contribution is 2.25. The van der Waals surface area contributed by atoms with Crippen LogP contribution in [0, 0.1) is 0 Å². The minimum absolute atomic E-state index is 0.123. The summed E-state index contributed by atoms with van der Waals surface area (Å²) in [6.45, 7) is 7.16. The number of aliphatic hydroxyl groups excluding tert-OH is 1. The Hall–Kier alpha value is -2.67. The zero-order chi connectivity index (χ0) is 21.2. The molecule has 0 saturated carbocycles. The number of hydrogen-bond acceptors (Lipinski definition) is 6. The summed E-state index contributed by atoms with van der Waals surface area (Å²) in [5, 5.41) is 13.5. The molecule has 0 bridgehead atoms. The van der Waals surface area contributed by atoms with Gasteiger partial charge in [0, 0.05) is 62.2 Å². The van der Waals surface area contributed by atoms with Gasteiger partial charge in [0.15, 0.2) is 0 Å². The van der Waals surface area contributed by atoms with Crippen LogP contribution in [0.1, 0.15) is 58.1 Å². The van der Waals surface area contributed by atoms with E-state index < -0.39 is 0 Å². The first-order valence-electron chi connectivity index (χ1n) is 10.4. The van der Waals surface area contributed by atoms with Gasteiger partial charge >= 0.3 is 0 Å². The molecule has 0 aromatic carbocycles. The highest BCUT2D eigenvalue weighted by Gasteiger charge is 2.22. The maximum Gasteiger partial charge on any atom is 0.0974 e. The first-order chi connectivity index (χ1) is 14.0. The van der Waals surface area contributed by atoms with Gasteiger partial charge in [-0.15, -0.1) is 0 Å². The molecule has 1 aromatic heterocycles. The second-order valence-electron chi connectivity index (χ2n) is 7.16. The topological polar surface area (TPSA) is 92.0 Å². The molecule has 0 unspecified atom stereocenters. The Morgan fingerprint density at radius 1 is 1.38 bits per heavy atom. The van der Waals surface area contributed by atoms with Crippen LogP contribution in [0.25, 0.3) is 0 Å². The van der Waals surface area contributed by atoms with Crippen molar-refractivity contribution in [3.63, 3.8) is 0 Å². The van der Waals surface area contributed by atoms with E-state index in [4.69, 9.17) is 15.8 Å². The number of aliphatic hydroxyl groups is 1. The summed E-state index contributed by atoms with van der Waals surface area (Å²) in [6, 6.07) is 0.349. The molecule has 0 saturated heterocycles. The largest absolute Gasteiger partial charge is 0.404 e. The molecule has 1 aliphatic heterocycles. The zero-order valence-corrected chi connectivity index (χ0v) is 18.0. The lowest BCUT2D eigenvalue weighted by molar-refractivity contribution is 0.291. The summed E-state index contributed by atoms with van der Waals surface area (Å²) >= 11 is 0. The summed E-state index contributed by atoms with van der Waals surface area (Å²) in [4.78, 5) is 11.3. The van der Waals surface area contributed by atoms with Crippen LogP contribution in [-0.2, 0) is 0 Å². The molecular formula is C22H34N6O. The van der Waals surface area contributed by atoms with Crippen molar-refractivity contribution in [2.75, 3.05) is 20.2 Å². The van der Waals surface area contributed by atoms with Gasteiger partial charge in [0.05, 0.1) is 23.3 Å². The molecule has 2 rings (SSSR count). The van der Waals surface area contributed by atoms with Gasteiger partial charge in [0.2, 0.25) is 0 Å². The third kappa shape index (κ3) is 5.90. The van der Waals surface area contributed by atoms with Crippen molar-refractivity contribution in [1.29, 1.82) is 0 Å². The molecule has 29 heavy (non-hydrogen) atoms. The van der Waals surface area contributed by atoms with Crippen molar-refractivity contribution in [2.45, 2.75) is 52.5 Å². The van der Waals surface area contributed by atoms with Crippen LogP contribution in [0.3, 0.4) is 0 Å². The molecule has 0 radical (unpaired) electrons. The third-order valence-electron chi connectivity index (χ3n) is 4.75. The van der Waals surface area contributed by atoms with Gasteiger partial charge in [-0.3, -0.25) is 9.67 Å². The van der Waals surface area contributed by atoms with Crippen LogP contribution >= 0.6 is 0 Å². The Bertz CT molecular complexity index is 815. The van der Waals surface area contributed by atoms with Gasteiger partial charge in [-0.2, -0.15) is 5.10 Å². The third-order valence-corrected chi connectivity index (χ3v) is 4.75. The zero-order valence-electron chi connectivity index (χ0n) is 18.0. The van der Waals surface area contributed by atoms with E-state index in [0.29, 0.717) is 19.0 Å². The molecule has 1 aliphatic rings. The highest BCUT2D eigenvalue weighted by molar-refractivity contribution is 6.13. The molecule has 7 nitrogen and oxygen atoms in total. The lowest BCUT2D eigenvalue weighted by Gasteiger charge is -2.25. The molecule has 1 aromatic rings. The number of likely N-dealkylation sites (N-methyl/N-ethyl adjacent to an activating group) is 1. The molecule has 0 aliphatic carbocycles. The molecule has 0 spiro atoms. The maximum atomic E-state index is 8.92. The van der Waals surface area contributed by atoms with Gasteiger partial charge in [-0.05, 0) is 26.2 Å². The van der Waals surface area contributed by atoms with Gasteiger partial charge < -0.3 is 15.7 Å². The van der Waals surface area contributed by atoms with E-state index in [1.807, 2.05) is 24.1 Å². The summed E-state index contributed by atoms with van der Waals surface area (Å²) in [5.41, 5.74) is 10.3. The number of aromatic nitrogens is 2. The van der Waals surface area contributed by atoms with E-state index in [2.05, 4.69) is 48.0 Å². The molecular weight excluding hydrogens is 364 g/mol. The lowest BCUT2D eigenvalue weighted by Crippen LogP contribution is -2.24. The van der Waals surface area contributed by atoms with Gasteiger partial charge in [-0.1, -0.05) is 26.3 Å². The van der Waals surface area contributed by atoms with Crippen molar-refractivity contribution >= 4 is 11.9 Å². The second kappa shape index (κ2) is 11.4. The van der Waals surface area contributed by atoms with Crippen LogP contribution in [0.2, 0.25) is 0 Å². The van der Waals surface area contributed by atoms with Crippen LogP contribution in [0.15, 0.2) is 57.8 Å². The van der Waals surface area contributed by atoms with E-state index in [1.165, 1.54) is 6.20 Å². The Labute approximate surface area is 174 Å². The van der Waals surface area contributed by atoms with Crippen LogP contribution in [-0.4, -0.2) is 51.9 Å². The quantitative estimate of drug-likeness (QED) is 0.467. The Morgan fingerprint density at radius 2 is 2.17 bits per heavy atom. The van der Waals surface area contributed by atoms with E-state index >= 15 is 0 Å². The average Bonchev–Trinajstić information content (AvgIpc) is 3.20. The Kier molecular flexibility index (Phi) is 8.86. The normalized spacial score (nSPS) is 17.8. The summed E-state index contributed by atoms with van der Waals surface area (Å²) in [6.07, 6.45) is 15.1. The number of allylic oxidation sites excluding steroid dienone is 3. The maximum absolute atomic E-state index is 8.92. The number of rotatable bonds is 10. The molecule has 7 heteroatoms.